The summed E-state index contributed by atoms with van der Waals surface area (Å²) >= 11 is 0. The topological polar surface area (TPSA) is 38.7 Å². The third-order valence-corrected chi connectivity index (χ3v) is 4.05. The highest BCUT2D eigenvalue weighted by Crippen LogP contribution is 2.49. The number of hydrogen-bond acceptors (Lipinski definition) is 3. The van der Waals surface area contributed by atoms with Crippen LogP contribution in [-0.2, 0) is 9.47 Å². The van der Waals surface area contributed by atoms with E-state index in [0.717, 1.165) is 6.42 Å². The molecular formula is C14H28O3. The van der Waals surface area contributed by atoms with Crippen molar-refractivity contribution in [2.24, 2.45) is 11.8 Å². The molecular weight excluding hydrogens is 216 g/mol. The van der Waals surface area contributed by atoms with Gasteiger partial charge in [0.25, 0.3) is 0 Å². The van der Waals surface area contributed by atoms with Crippen molar-refractivity contribution in [1.29, 1.82) is 0 Å². The van der Waals surface area contributed by atoms with Crippen LogP contribution in [0.4, 0.5) is 0 Å². The Kier molecular flexibility index (Phi) is 3.98. The fraction of sp³-hybridized carbons (Fsp3) is 1.00. The van der Waals surface area contributed by atoms with Crippen molar-refractivity contribution in [2.45, 2.75) is 64.8 Å². The standard InChI is InChI=1S/C14H28O3/c1-10(2)14(15,9-16-7)11-8-12(3,4)17-13(11,5)6/h10-11,15H,8-9H2,1-7H3. The van der Waals surface area contributed by atoms with Gasteiger partial charge in [-0.05, 0) is 40.0 Å². The Morgan fingerprint density at radius 2 is 1.88 bits per heavy atom. The van der Waals surface area contributed by atoms with E-state index >= 15 is 0 Å². The Bertz CT molecular complexity index is 271. The van der Waals surface area contributed by atoms with E-state index in [1.54, 1.807) is 7.11 Å². The minimum atomic E-state index is -0.827. The molecule has 2 unspecified atom stereocenters. The lowest BCUT2D eigenvalue weighted by Gasteiger charge is -2.42. The van der Waals surface area contributed by atoms with Crippen LogP contribution in [0.2, 0.25) is 0 Å². The van der Waals surface area contributed by atoms with Crippen LogP contribution in [0.3, 0.4) is 0 Å². The summed E-state index contributed by atoms with van der Waals surface area (Å²) in [5.74, 6) is 0.231. The highest BCUT2D eigenvalue weighted by molar-refractivity contribution is 5.05. The second-order valence-corrected chi connectivity index (χ2v) is 6.80. The number of ether oxygens (including phenoxy) is 2. The molecule has 1 fully saturated rings. The van der Waals surface area contributed by atoms with Gasteiger partial charge in [0.1, 0.15) is 0 Å². The largest absolute Gasteiger partial charge is 0.387 e. The van der Waals surface area contributed by atoms with E-state index in [1.807, 2.05) is 13.8 Å². The molecule has 0 aromatic carbocycles. The Balaban J connectivity index is 3.04. The Morgan fingerprint density at radius 3 is 2.18 bits per heavy atom. The summed E-state index contributed by atoms with van der Waals surface area (Å²) < 4.78 is 11.3. The SMILES string of the molecule is COCC(O)(C(C)C)C1CC(C)(C)OC1(C)C. The molecule has 0 bridgehead atoms. The maximum Gasteiger partial charge on any atom is 0.0958 e. The zero-order chi connectivity index (χ0) is 13.5. The van der Waals surface area contributed by atoms with Crippen LogP contribution in [0.15, 0.2) is 0 Å². The van der Waals surface area contributed by atoms with E-state index in [4.69, 9.17) is 9.47 Å². The molecule has 0 spiro atoms. The molecule has 0 saturated carbocycles. The predicted octanol–water partition coefficient (Wildman–Crippen LogP) is 2.61. The first-order valence-corrected chi connectivity index (χ1v) is 6.46. The molecule has 0 amide bonds. The molecule has 1 rings (SSSR count). The van der Waals surface area contributed by atoms with Gasteiger partial charge < -0.3 is 14.6 Å². The van der Waals surface area contributed by atoms with E-state index in [9.17, 15) is 5.11 Å². The van der Waals surface area contributed by atoms with Crippen LogP contribution in [0.25, 0.3) is 0 Å². The molecule has 3 heteroatoms. The first-order chi connectivity index (χ1) is 7.55. The molecule has 3 nitrogen and oxygen atoms in total. The highest BCUT2D eigenvalue weighted by atomic mass is 16.5. The fourth-order valence-electron chi connectivity index (χ4n) is 3.24. The van der Waals surface area contributed by atoms with Crippen LogP contribution in [0, 0.1) is 11.8 Å². The van der Waals surface area contributed by atoms with Crippen molar-refractivity contribution in [3.8, 4) is 0 Å². The van der Waals surface area contributed by atoms with Crippen LogP contribution in [0.1, 0.15) is 48.0 Å². The summed E-state index contributed by atoms with van der Waals surface area (Å²) in [7, 11) is 1.64. The molecule has 1 aliphatic heterocycles. The van der Waals surface area contributed by atoms with E-state index in [2.05, 4.69) is 27.7 Å². The first-order valence-electron chi connectivity index (χ1n) is 6.46. The molecule has 1 aliphatic rings. The van der Waals surface area contributed by atoms with E-state index in [0.29, 0.717) is 6.61 Å². The first kappa shape index (κ1) is 14.9. The Hall–Kier alpha value is -0.120. The predicted molar refractivity (Wildman–Crippen MR) is 69.0 cm³/mol. The minimum absolute atomic E-state index is 0.0879. The van der Waals surface area contributed by atoms with Gasteiger partial charge in [0, 0.05) is 13.0 Å². The molecule has 0 aromatic rings. The summed E-state index contributed by atoms with van der Waals surface area (Å²) in [4.78, 5) is 0. The molecule has 1 heterocycles. The number of hydrogen-bond donors (Lipinski definition) is 1. The van der Waals surface area contributed by atoms with E-state index in [1.165, 1.54) is 0 Å². The normalized spacial score (nSPS) is 30.5. The maximum atomic E-state index is 11.0. The van der Waals surface area contributed by atoms with Crippen molar-refractivity contribution in [3.05, 3.63) is 0 Å². The second kappa shape index (κ2) is 4.52. The lowest BCUT2D eigenvalue weighted by Crippen LogP contribution is -2.53. The van der Waals surface area contributed by atoms with Gasteiger partial charge in [-0.1, -0.05) is 13.8 Å². The number of aliphatic hydroxyl groups is 1. The van der Waals surface area contributed by atoms with Crippen molar-refractivity contribution >= 4 is 0 Å². The summed E-state index contributed by atoms with van der Waals surface area (Å²) in [6.45, 7) is 12.7. The zero-order valence-electron chi connectivity index (χ0n) is 12.3. The summed E-state index contributed by atoms with van der Waals surface area (Å²) in [5, 5.41) is 11.0. The van der Waals surface area contributed by atoms with Crippen molar-refractivity contribution in [2.75, 3.05) is 13.7 Å². The molecule has 0 aliphatic carbocycles. The minimum Gasteiger partial charge on any atom is -0.387 e. The van der Waals surface area contributed by atoms with Crippen LogP contribution in [-0.4, -0.2) is 35.6 Å². The van der Waals surface area contributed by atoms with Gasteiger partial charge in [0.15, 0.2) is 0 Å². The summed E-state index contributed by atoms with van der Waals surface area (Å²) in [6.07, 6.45) is 0.859. The summed E-state index contributed by atoms with van der Waals surface area (Å²) in [6, 6.07) is 0. The van der Waals surface area contributed by atoms with Gasteiger partial charge in [0.2, 0.25) is 0 Å². The molecule has 102 valence electrons. The van der Waals surface area contributed by atoms with Crippen LogP contribution >= 0.6 is 0 Å². The van der Waals surface area contributed by atoms with Crippen molar-refractivity contribution in [1.82, 2.24) is 0 Å². The third kappa shape index (κ3) is 2.83. The van der Waals surface area contributed by atoms with E-state index < -0.39 is 5.60 Å². The highest BCUT2D eigenvalue weighted by Gasteiger charge is 2.56. The summed E-state index contributed by atoms with van der Waals surface area (Å²) in [5.41, 5.74) is -1.32. The van der Waals surface area contributed by atoms with Gasteiger partial charge in [-0.3, -0.25) is 0 Å². The Labute approximate surface area is 105 Å². The quantitative estimate of drug-likeness (QED) is 0.826. The van der Waals surface area contributed by atoms with Gasteiger partial charge in [0.05, 0.1) is 23.4 Å². The fourth-order valence-corrected chi connectivity index (χ4v) is 3.24. The maximum absolute atomic E-state index is 11.0. The number of rotatable bonds is 4. The van der Waals surface area contributed by atoms with Crippen LogP contribution in [0.5, 0.6) is 0 Å². The Morgan fingerprint density at radius 1 is 1.35 bits per heavy atom. The molecule has 1 saturated heterocycles. The van der Waals surface area contributed by atoms with Crippen molar-refractivity contribution < 1.29 is 14.6 Å². The van der Waals surface area contributed by atoms with Crippen molar-refractivity contribution in [3.63, 3.8) is 0 Å². The van der Waals surface area contributed by atoms with Gasteiger partial charge >= 0.3 is 0 Å². The van der Waals surface area contributed by atoms with Crippen LogP contribution < -0.4 is 0 Å². The van der Waals surface area contributed by atoms with Gasteiger partial charge in [-0.25, -0.2) is 0 Å². The molecule has 0 radical (unpaired) electrons. The lowest BCUT2D eigenvalue weighted by molar-refractivity contribution is -0.151. The third-order valence-electron chi connectivity index (χ3n) is 4.05. The zero-order valence-corrected chi connectivity index (χ0v) is 12.3. The molecule has 17 heavy (non-hydrogen) atoms. The lowest BCUT2D eigenvalue weighted by atomic mass is 9.70. The smallest absolute Gasteiger partial charge is 0.0958 e. The molecule has 1 N–H and O–H groups in total. The molecule has 2 atom stereocenters. The van der Waals surface area contributed by atoms with Gasteiger partial charge in [-0.2, -0.15) is 0 Å². The average molecular weight is 244 g/mol. The number of methoxy groups -OCH3 is 1. The van der Waals surface area contributed by atoms with E-state index in [-0.39, 0.29) is 23.0 Å². The second-order valence-electron chi connectivity index (χ2n) is 6.80. The molecule has 0 aromatic heterocycles. The monoisotopic (exact) mass is 244 g/mol. The average Bonchev–Trinajstić information content (AvgIpc) is 2.34. The van der Waals surface area contributed by atoms with Gasteiger partial charge in [-0.15, -0.1) is 0 Å².